The van der Waals surface area contributed by atoms with Crippen molar-refractivity contribution in [2.45, 2.75) is 19.4 Å². The number of benzene rings is 2. The lowest BCUT2D eigenvalue weighted by Gasteiger charge is -2.28. The van der Waals surface area contributed by atoms with E-state index in [1.54, 1.807) is 35.2 Å². The van der Waals surface area contributed by atoms with Crippen molar-refractivity contribution in [2.24, 2.45) is 0 Å². The van der Waals surface area contributed by atoms with Crippen LogP contribution in [0.1, 0.15) is 16.7 Å². The number of urea groups is 1. The molecule has 0 bridgehead atoms. The van der Waals surface area contributed by atoms with Crippen LogP contribution >= 0.6 is 0 Å². The fourth-order valence-electron chi connectivity index (χ4n) is 2.97. The highest BCUT2D eigenvalue weighted by Crippen LogP contribution is 2.23. The number of aromatic hydroxyl groups is 1. The van der Waals surface area contributed by atoms with E-state index in [0.717, 1.165) is 16.7 Å². The van der Waals surface area contributed by atoms with Crippen LogP contribution in [-0.2, 0) is 19.4 Å². The number of rotatable bonds is 4. The zero-order chi connectivity index (χ0) is 17.8. The quantitative estimate of drug-likeness (QED) is 0.660. The number of non-ortho nitro benzene ring substituents is 1. The maximum Gasteiger partial charge on any atom is 0.317 e. The zero-order valence-electron chi connectivity index (χ0n) is 13.6. The second kappa shape index (κ2) is 7.21. The van der Waals surface area contributed by atoms with Crippen molar-refractivity contribution in [2.75, 3.05) is 13.1 Å². The molecule has 2 N–H and O–H groups in total. The summed E-state index contributed by atoms with van der Waals surface area (Å²) in [6.07, 6.45) is 1.31. The van der Waals surface area contributed by atoms with Gasteiger partial charge in [-0.2, -0.15) is 0 Å². The molecule has 2 amide bonds. The van der Waals surface area contributed by atoms with E-state index in [0.29, 0.717) is 32.5 Å². The van der Waals surface area contributed by atoms with Gasteiger partial charge >= 0.3 is 6.03 Å². The zero-order valence-corrected chi connectivity index (χ0v) is 13.6. The van der Waals surface area contributed by atoms with Crippen LogP contribution in [-0.4, -0.2) is 34.1 Å². The summed E-state index contributed by atoms with van der Waals surface area (Å²) >= 11 is 0. The maximum atomic E-state index is 12.3. The highest BCUT2D eigenvalue weighted by molar-refractivity contribution is 5.74. The third-order valence-corrected chi connectivity index (χ3v) is 4.30. The number of fused-ring (bicyclic) bond motifs is 1. The molecule has 25 heavy (non-hydrogen) atoms. The molecule has 0 fully saturated rings. The van der Waals surface area contributed by atoms with Crippen molar-refractivity contribution in [3.05, 3.63) is 69.3 Å². The first-order valence-electron chi connectivity index (χ1n) is 8.10. The van der Waals surface area contributed by atoms with Crippen molar-refractivity contribution in [1.29, 1.82) is 0 Å². The molecule has 7 nitrogen and oxygen atoms in total. The van der Waals surface area contributed by atoms with E-state index in [9.17, 15) is 20.0 Å². The molecule has 0 radical (unpaired) electrons. The Morgan fingerprint density at radius 1 is 1.24 bits per heavy atom. The molecule has 0 unspecified atom stereocenters. The summed E-state index contributed by atoms with van der Waals surface area (Å²) in [5.74, 6) is 0.207. The summed E-state index contributed by atoms with van der Waals surface area (Å²) in [6, 6.07) is 11.6. The summed E-state index contributed by atoms with van der Waals surface area (Å²) in [5, 5.41) is 23.2. The molecule has 7 heteroatoms. The summed E-state index contributed by atoms with van der Waals surface area (Å²) in [7, 11) is 0. The Balaban J connectivity index is 1.56. The average Bonchev–Trinajstić information content (AvgIpc) is 2.60. The van der Waals surface area contributed by atoms with E-state index in [2.05, 4.69) is 5.32 Å². The van der Waals surface area contributed by atoms with Gasteiger partial charge in [-0.05, 0) is 41.7 Å². The molecule has 3 rings (SSSR count). The van der Waals surface area contributed by atoms with Gasteiger partial charge in [0.25, 0.3) is 5.69 Å². The Hall–Kier alpha value is -3.09. The molecule has 1 aliphatic heterocycles. The molecule has 0 spiro atoms. The minimum atomic E-state index is -0.422. The second-order valence-electron chi connectivity index (χ2n) is 6.03. The lowest BCUT2D eigenvalue weighted by molar-refractivity contribution is -0.385. The van der Waals surface area contributed by atoms with E-state index in [1.807, 2.05) is 6.07 Å². The number of nitro groups is 1. The van der Waals surface area contributed by atoms with Crippen molar-refractivity contribution < 1.29 is 14.8 Å². The predicted molar refractivity (Wildman–Crippen MR) is 92.4 cm³/mol. The molecule has 0 aliphatic carbocycles. The lowest BCUT2D eigenvalue weighted by atomic mass is 9.99. The van der Waals surface area contributed by atoms with Crippen LogP contribution in [0.4, 0.5) is 10.5 Å². The predicted octanol–water partition coefficient (Wildman–Crippen LogP) is 2.61. The molecule has 0 aromatic heterocycles. The van der Waals surface area contributed by atoms with Crippen molar-refractivity contribution in [3.8, 4) is 5.75 Å². The van der Waals surface area contributed by atoms with Gasteiger partial charge < -0.3 is 15.3 Å². The Kier molecular flexibility index (Phi) is 4.83. The molecule has 0 saturated heterocycles. The largest absolute Gasteiger partial charge is 0.508 e. The maximum absolute atomic E-state index is 12.3. The molecule has 2 aromatic carbocycles. The van der Waals surface area contributed by atoms with Gasteiger partial charge in [-0.25, -0.2) is 4.79 Å². The topological polar surface area (TPSA) is 95.7 Å². The van der Waals surface area contributed by atoms with Gasteiger partial charge in [0, 0.05) is 31.8 Å². The van der Waals surface area contributed by atoms with Gasteiger partial charge in [-0.3, -0.25) is 10.1 Å². The van der Waals surface area contributed by atoms with Crippen LogP contribution in [0.2, 0.25) is 0 Å². The van der Waals surface area contributed by atoms with Crippen molar-refractivity contribution >= 4 is 11.7 Å². The van der Waals surface area contributed by atoms with Crippen LogP contribution in [0.15, 0.2) is 42.5 Å². The smallest absolute Gasteiger partial charge is 0.317 e. The summed E-state index contributed by atoms with van der Waals surface area (Å²) in [5.41, 5.74) is 2.86. The minimum absolute atomic E-state index is 0.0462. The van der Waals surface area contributed by atoms with Gasteiger partial charge in [-0.1, -0.05) is 18.2 Å². The normalized spacial score (nSPS) is 13.2. The highest BCUT2D eigenvalue weighted by Gasteiger charge is 2.22. The first-order valence-corrected chi connectivity index (χ1v) is 8.10. The van der Waals surface area contributed by atoms with Gasteiger partial charge in [0.05, 0.1) is 4.92 Å². The van der Waals surface area contributed by atoms with Gasteiger partial charge in [0.15, 0.2) is 0 Å². The highest BCUT2D eigenvalue weighted by atomic mass is 16.6. The monoisotopic (exact) mass is 341 g/mol. The minimum Gasteiger partial charge on any atom is -0.508 e. The Morgan fingerprint density at radius 3 is 2.84 bits per heavy atom. The van der Waals surface area contributed by atoms with Crippen LogP contribution in [0.25, 0.3) is 0 Å². The summed E-state index contributed by atoms with van der Waals surface area (Å²) < 4.78 is 0. The third kappa shape index (κ3) is 4.06. The number of amides is 2. The van der Waals surface area contributed by atoms with E-state index >= 15 is 0 Å². The Labute approximate surface area is 145 Å². The summed E-state index contributed by atoms with van der Waals surface area (Å²) in [6.45, 7) is 1.42. The molecule has 2 aromatic rings. The standard InChI is InChI=1S/C18H19N3O4/c22-17-3-1-2-13(10-17)6-8-19-18(23)20-9-7-14-4-5-16(21(24)25)11-15(14)12-20/h1-5,10-11,22H,6-9,12H2,(H,19,23). The van der Waals surface area contributed by atoms with Crippen molar-refractivity contribution in [1.82, 2.24) is 10.2 Å². The molecule has 1 heterocycles. The van der Waals surface area contributed by atoms with E-state index in [1.165, 1.54) is 6.07 Å². The molecular weight excluding hydrogens is 322 g/mol. The SMILES string of the molecule is O=C(NCCc1cccc(O)c1)N1CCc2ccc([N+](=O)[O-])cc2C1. The third-order valence-electron chi connectivity index (χ3n) is 4.30. The Bertz CT molecular complexity index is 807. The molecule has 130 valence electrons. The van der Waals surface area contributed by atoms with Crippen LogP contribution in [0.5, 0.6) is 5.75 Å². The van der Waals surface area contributed by atoms with Gasteiger partial charge in [-0.15, -0.1) is 0 Å². The van der Waals surface area contributed by atoms with Gasteiger partial charge in [0.1, 0.15) is 5.75 Å². The number of nitrogens with zero attached hydrogens (tertiary/aromatic N) is 2. The van der Waals surface area contributed by atoms with Crippen LogP contribution in [0, 0.1) is 10.1 Å². The Morgan fingerprint density at radius 2 is 2.08 bits per heavy atom. The number of nitrogens with one attached hydrogen (secondary N) is 1. The number of phenolic OH excluding ortho intramolecular Hbond substituents is 1. The fraction of sp³-hybridized carbons (Fsp3) is 0.278. The first-order chi connectivity index (χ1) is 12.0. The van der Waals surface area contributed by atoms with Gasteiger partial charge in [0.2, 0.25) is 0 Å². The van der Waals surface area contributed by atoms with E-state index < -0.39 is 4.92 Å². The number of hydrogen-bond donors (Lipinski definition) is 2. The van der Waals surface area contributed by atoms with Crippen molar-refractivity contribution in [3.63, 3.8) is 0 Å². The number of carbonyl (C=O) groups excluding carboxylic acids is 1. The van der Waals surface area contributed by atoms with E-state index in [4.69, 9.17) is 0 Å². The molecule has 1 aliphatic rings. The molecule has 0 atom stereocenters. The van der Waals surface area contributed by atoms with Crippen LogP contribution < -0.4 is 5.32 Å². The van der Waals surface area contributed by atoms with Crippen LogP contribution in [0.3, 0.4) is 0 Å². The number of phenols is 1. The average molecular weight is 341 g/mol. The van der Waals surface area contributed by atoms with E-state index in [-0.39, 0.29) is 17.5 Å². The lowest BCUT2D eigenvalue weighted by Crippen LogP contribution is -2.43. The number of carbonyl (C=O) groups is 1. The second-order valence-corrected chi connectivity index (χ2v) is 6.03. The number of hydrogen-bond acceptors (Lipinski definition) is 4. The first kappa shape index (κ1) is 16.8. The number of nitro benzene ring substituents is 1. The molecule has 0 saturated carbocycles. The fourth-order valence-corrected chi connectivity index (χ4v) is 2.97. The summed E-state index contributed by atoms with van der Waals surface area (Å²) in [4.78, 5) is 24.5. The molecular formula is C18H19N3O4.